The maximum absolute atomic E-state index is 11.7. The molecule has 0 spiro atoms. The van der Waals surface area contributed by atoms with E-state index in [0.717, 1.165) is 0 Å². The van der Waals surface area contributed by atoms with Crippen molar-refractivity contribution in [1.29, 1.82) is 5.26 Å². The molecular formula is C20H34BN2O7P. The average Bonchev–Trinajstić information content (AvgIpc) is 3.00. The second kappa shape index (κ2) is 14.2. The van der Waals surface area contributed by atoms with Crippen LogP contribution >= 0.6 is 8.53 Å². The molecule has 1 aliphatic rings. The van der Waals surface area contributed by atoms with Gasteiger partial charge in [0.05, 0.1) is 31.6 Å². The molecule has 9 nitrogen and oxygen atoms in total. The zero-order valence-electron chi connectivity index (χ0n) is 20.0. The summed E-state index contributed by atoms with van der Waals surface area (Å²) in [6, 6.07) is 1.35. The van der Waals surface area contributed by atoms with E-state index < -0.39 is 38.8 Å². The van der Waals surface area contributed by atoms with Crippen molar-refractivity contribution in [3.63, 3.8) is 0 Å². The van der Waals surface area contributed by atoms with Crippen molar-refractivity contribution in [2.45, 2.75) is 97.2 Å². The lowest BCUT2D eigenvalue weighted by molar-refractivity contribution is -0.165. The van der Waals surface area contributed by atoms with E-state index in [0.29, 0.717) is 0 Å². The highest BCUT2D eigenvalue weighted by atomic mass is 31.2. The van der Waals surface area contributed by atoms with Crippen molar-refractivity contribution < 1.29 is 34.2 Å². The van der Waals surface area contributed by atoms with E-state index in [1.165, 1.54) is 6.92 Å². The van der Waals surface area contributed by atoms with Gasteiger partial charge in [0, 0.05) is 25.9 Å². The topological polar surface area (TPSA) is 107 Å². The van der Waals surface area contributed by atoms with Crippen LogP contribution in [0.4, 0.5) is 0 Å². The van der Waals surface area contributed by atoms with Gasteiger partial charge in [-0.1, -0.05) is 0 Å². The van der Waals surface area contributed by atoms with Crippen molar-refractivity contribution in [2.24, 2.45) is 0 Å². The van der Waals surface area contributed by atoms with Gasteiger partial charge in [0.1, 0.15) is 25.8 Å². The zero-order chi connectivity index (χ0) is 24.3. The quantitative estimate of drug-likeness (QED) is 0.128. The zero-order valence-corrected chi connectivity index (χ0v) is 19.9. The molecule has 0 saturated carbocycles. The maximum atomic E-state index is 11.7. The smallest absolute Gasteiger partial charge is 0.308 e. The van der Waals surface area contributed by atoms with Crippen molar-refractivity contribution in [1.82, 2.24) is 4.67 Å². The number of ether oxygens (including phenoxy) is 3. The second-order valence-electron chi connectivity index (χ2n) is 7.72. The van der Waals surface area contributed by atoms with Gasteiger partial charge in [0.25, 0.3) is 8.53 Å². The molecule has 0 aromatic heterocycles. The van der Waals surface area contributed by atoms with Crippen LogP contribution in [-0.4, -0.2) is 74.1 Å². The minimum Gasteiger partial charge on any atom is -0.438 e. The first kappa shape index (κ1) is 26.2. The fourth-order valence-electron chi connectivity index (χ4n) is 3.00. The van der Waals surface area contributed by atoms with Crippen molar-refractivity contribution in [2.75, 3.05) is 13.4 Å². The van der Waals surface area contributed by atoms with Crippen LogP contribution in [0.15, 0.2) is 0 Å². The largest absolute Gasteiger partial charge is 0.438 e. The number of carbonyl (C=O) groups is 2. The Hall–Kier alpha value is -1.08. The number of nitrogens with zero attached hydrogens (tertiary/aromatic N) is 2. The van der Waals surface area contributed by atoms with Gasteiger partial charge in [0.15, 0.2) is 6.79 Å². The minimum absolute atomic E-state index is 0.0308. The third-order valence-corrected chi connectivity index (χ3v) is 6.51. The molecule has 0 amide bonds. The minimum atomic E-state index is -1.61. The lowest BCUT2D eigenvalue weighted by Crippen LogP contribution is -2.40. The first-order valence-electron chi connectivity index (χ1n) is 11.0. The molecule has 2 radical (unpaired) electrons. The summed E-state index contributed by atoms with van der Waals surface area (Å²) in [7, 11) is 4.45. The number of rotatable bonds is 14. The molecule has 5 atom stereocenters. The van der Waals surface area contributed by atoms with Crippen molar-refractivity contribution in [3.8, 4) is 6.07 Å². The molecule has 0 aromatic carbocycles. The summed E-state index contributed by atoms with van der Waals surface area (Å²) in [6.45, 7) is 9.16. The second-order valence-corrected chi connectivity index (χ2v) is 9.13. The summed E-state index contributed by atoms with van der Waals surface area (Å²) in [5.74, 6) is -0.666. The van der Waals surface area contributed by atoms with Crippen LogP contribution in [0.1, 0.15) is 62.2 Å². The standard InChI is InChI=1S/C20H34BN2O7P/c1-13(2)23(14(3)4)31(28-11-7-10-22)30-18-16(6)29-20(21)19(18)27-12-26-17(25)9-8-15(5)24/h13-14,16,18-20H,7-9,11-12H2,1-6H3/i6D. The molecule has 5 unspecified atom stereocenters. The van der Waals surface area contributed by atoms with E-state index in [1.807, 2.05) is 33.8 Å². The fraction of sp³-hybridized carbons (Fsp3) is 0.850. The molecule has 0 bridgehead atoms. The number of carbonyl (C=O) groups excluding carboxylic acids is 2. The number of hydrogen-bond donors (Lipinski definition) is 0. The van der Waals surface area contributed by atoms with Crippen LogP contribution in [0.25, 0.3) is 0 Å². The third-order valence-electron chi connectivity index (χ3n) is 4.38. The first-order chi connectivity index (χ1) is 15.1. The number of nitriles is 1. The first-order valence-corrected chi connectivity index (χ1v) is 11.5. The highest BCUT2D eigenvalue weighted by Crippen LogP contribution is 2.49. The van der Waals surface area contributed by atoms with E-state index in [1.54, 1.807) is 0 Å². The van der Waals surface area contributed by atoms with Gasteiger partial charge in [-0.25, -0.2) is 4.67 Å². The van der Waals surface area contributed by atoms with Crippen LogP contribution in [-0.2, 0) is 32.8 Å². The summed E-state index contributed by atoms with van der Waals surface area (Å²) in [5.41, 5.74) is 0. The number of ketones is 1. The Morgan fingerprint density at radius 2 is 1.94 bits per heavy atom. The van der Waals surface area contributed by atoms with Gasteiger partial charge in [-0.15, -0.1) is 0 Å². The van der Waals surface area contributed by atoms with Gasteiger partial charge in [-0.2, -0.15) is 5.26 Å². The molecule has 0 N–H and O–H groups in total. The normalized spacial score (nSPS) is 24.9. The molecule has 0 aliphatic carbocycles. The van der Waals surface area contributed by atoms with Gasteiger partial charge < -0.3 is 28.1 Å². The van der Waals surface area contributed by atoms with Gasteiger partial charge in [0.2, 0.25) is 0 Å². The van der Waals surface area contributed by atoms with Crippen LogP contribution in [0.5, 0.6) is 0 Å². The van der Waals surface area contributed by atoms with Crippen molar-refractivity contribution >= 4 is 28.1 Å². The summed E-state index contributed by atoms with van der Waals surface area (Å²) >= 11 is 0. The van der Waals surface area contributed by atoms with E-state index in [2.05, 4.69) is 4.67 Å². The highest BCUT2D eigenvalue weighted by Gasteiger charge is 2.44. The lowest BCUT2D eigenvalue weighted by Gasteiger charge is -2.38. The predicted molar refractivity (Wildman–Crippen MR) is 116 cm³/mol. The average molecular weight is 457 g/mol. The van der Waals surface area contributed by atoms with Crippen LogP contribution in [0.2, 0.25) is 0 Å². The number of esters is 1. The van der Waals surface area contributed by atoms with Gasteiger partial charge in [-0.05, 0) is 41.5 Å². The molecule has 31 heavy (non-hydrogen) atoms. The third kappa shape index (κ3) is 9.52. The Morgan fingerprint density at radius 1 is 1.26 bits per heavy atom. The molecular weight excluding hydrogens is 422 g/mol. The van der Waals surface area contributed by atoms with E-state index in [9.17, 15) is 9.59 Å². The summed E-state index contributed by atoms with van der Waals surface area (Å²) in [4.78, 5) is 22.7. The maximum Gasteiger partial charge on any atom is 0.308 e. The van der Waals surface area contributed by atoms with E-state index >= 15 is 0 Å². The Morgan fingerprint density at radius 3 is 2.48 bits per heavy atom. The van der Waals surface area contributed by atoms with Crippen molar-refractivity contribution in [3.05, 3.63) is 0 Å². The Bertz CT molecular complexity index is 630. The predicted octanol–water partition coefficient (Wildman–Crippen LogP) is 2.82. The van der Waals surface area contributed by atoms with E-state index in [-0.39, 0.29) is 57.4 Å². The molecule has 11 heteroatoms. The van der Waals surface area contributed by atoms with E-state index in [4.69, 9.17) is 37.7 Å². The lowest BCUT2D eigenvalue weighted by atomic mass is 9.93. The summed E-state index contributed by atoms with van der Waals surface area (Å²) in [5, 5.41) is 8.87. The highest BCUT2D eigenvalue weighted by molar-refractivity contribution is 7.44. The molecule has 0 aromatic rings. The monoisotopic (exact) mass is 457 g/mol. The number of hydrogen-bond acceptors (Lipinski definition) is 9. The van der Waals surface area contributed by atoms with Gasteiger partial charge in [-0.3, -0.25) is 4.79 Å². The molecule has 1 heterocycles. The number of Topliss-reactive ketones (excluding diaryl/α,β-unsaturated/α-hetero) is 1. The molecule has 1 aliphatic heterocycles. The van der Waals surface area contributed by atoms with Crippen LogP contribution in [0.3, 0.4) is 0 Å². The van der Waals surface area contributed by atoms with Crippen LogP contribution < -0.4 is 0 Å². The van der Waals surface area contributed by atoms with Gasteiger partial charge >= 0.3 is 5.97 Å². The summed E-state index contributed by atoms with van der Waals surface area (Å²) in [6.07, 6.45) is -1.90. The fourth-order valence-corrected chi connectivity index (χ4v) is 4.77. The molecule has 1 fully saturated rings. The molecule has 1 rings (SSSR count). The Labute approximate surface area is 189 Å². The SMILES string of the molecule is [2H]CC1OC([B])C(OCOC(=O)CCC(C)=O)C1OP(OCCC#N)N(C(C)C)C(C)C. The molecule has 1 saturated heterocycles. The Balaban J connectivity index is 2.88. The van der Waals surface area contributed by atoms with Crippen LogP contribution in [0, 0.1) is 11.3 Å². The summed E-state index contributed by atoms with van der Waals surface area (Å²) < 4.78 is 38.4. The molecule has 174 valence electrons. The Kier molecular flexibility index (Phi) is 11.9.